The average Bonchev–Trinajstić information content (AvgIpc) is 2.89. The molecule has 7 heteroatoms. The van der Waals surface area contributed by atoms with E-state index < -0.39 is 15.9 Å². The summed E-state index contributed by atoms with van der Waals surface area (Å²) in [5, 5.41) is 0.439. The van der Waals surface area contributed by atoms with E-state index in [0.717, 1.165) is 19.4 Å². The van der Waals surface area contributed by atoms with Gasteiger partial charge in [0.05, 0.1) is 11.0 Å². The molecule has 1 N–H and O–H groups in total. The number of sulfonamides is 1. The van der Waals surface area contributed by atoms with Gasteiger partial charge in [-0.1, -0.05) is 11.6 Å². The third-order valence-electron chi connectivity index (χ3n) is 3.09. The van der Waals surface area contributed by atoms with Gasteiger partial charge in [0.2, 0.25) is 5.91 Å². The summed E-state index contributed by atoms with van der Waals surface area (Å²) in [6.45, 7) is 0.718. The first-order valence-corrected chi connectivity index (χ1v) is 8.26. The minimum atomic E-state index is -3.82. The van der Waals surface area contributed by atoms with E-state index in [1.54, 1.807) is 0 Å². The van der Waals surface area contributed by atoms with Gasteiger partial charge in [-0.3, -0.25) is 4.79 Å². The number of halogens is 1. The predicted molar refractivity (Wildman–Crippen MR) is 75.0 cm³/mol. The molecule has 0 aromatic heterocycles. The molecule has 0 saturated carbocycles. The van der Waals surface area contributed by atoms with Crippen molar-refractivity contribution in [3.8, 4) is 0 Å². The summed E-state index contributed by atoms with van der Waals surface area (Å²) in [5.41, 5.74) is 0. The van der Waals surface area contributed by atoms with E-state index >= 15 is 0 Å². The molecule has 0 unspecified atom stereocenters. The van der Waals surface area contributed by atoms with Crippen molar-refractivity contribution in [1.29, 1.82) is 0 Å². The number of carbonyl (C=O) groups is 1. The number of amides is 1. The lowest BCUT2D eigenvalue weighted by molar-refractivity contribution is -0.119. The molecular weight excluding hydrogens is 302 g/mol. The Morgan fingerprint density at radius 2 is 2.05 bits per heavy atom. The van der Waals surface area contributed by atoms with Crippen molar-refractivity contribution in [3.63, 3.8) is 0 Å². The smallest absolute Gasteiger partial charge is 0.264 e. The number of carbonyl (C=O) groups excluding carboxylic acids is 1. The molecule has 1 aliphatic rings. The molecule has 0 bridgehead atoms. The van der Waals surface area contributed by atoms with E-state index in [4.69, 9.17) is 16.3 Å². The molecule has 0 aliphatic carbocycles. The van der Waals surface area contributed by atoms with E-state index in [2.05, 4.69) is 4.72 Å². The lowest BCUT2D eigenvalue weighted by atomic mass is 10.1. The molecule has 1 aromatic rings. The Hall–Kier alpha value is -1.11. The quantitative estimate of drug-likeness (QED) is 0.902. The largest absolute Gasteiger partial charge is 0.378 e. The maximum absolute atomic E-state index is 11.9. The van der Waals surface area contributed by atoms with Gasteiger partial charge in [-0.15, -0.1) is 0 Å². The van der Waals surface area contributed by atoms with Gasteiger partial charge >= 0.3 is 0 Å². The first-order valence-electron chi connectivity index (χ1n) is 6.40. The molecular formula is C13H16ClNO4S. The van der Waals surface area contributed by atoms with E-state index in [9.17, 15) is 13.2 Å². The fourth-order valence-electron chi connectivity index (χ4n) is 2.04. The standard InChI is InChI=1S/C13H16ClNO4S/c14-10-3-6-12(7-4-10)20(17,18)15-13(16)8-5-11-2-1-9-19-11/h3-4,6-7,11H,1-2,5,8-9H2,(H,15,16)/t11-/m1/s1. The van der Waals surface area contributed by atoms with Crippen molar-refractivity contribution in [2.75, 3.05) is 6.61 Å². The summed E-state index contributed by atoms with van der Waals surface area (Å²) in [7, 11) is -3.82. The Bertz CT molecular complexity index is 565. The molecule has 1 atom stereocenters. The van der Waals surface area contributed by atoms with E-state index in [0.29, 0.717) is 11.4 Å². The first-order chi connectivity index (χ1) is 9.47. The Balaban J connectivity index is 1.90. The molecule has 110 valence electrons. The minimum Gasteiger partial charge on any atom is -0.378 e. The Kier molecular flexibility index (Phi) is 5.01. The van der Waals surface area contributed by atoms with Crippen molar-refractivity contribution in [1.82, 2.24) is 4.72 Å². The highest BCUT2D eigenvalue weighted by Gasteiger charge is 2.20. The highest BCUT2D eigenvalue weighted by molar-refractivity contribution is 7.90. The summed E-state index contributed by atoms with van der Waals surface area (Å²) in [6.07, 6.45) is 2.67. The van der Waals surface area contributed by atoms with Crippen LogP contribution in [0.1, 0.15) is 25.7 Å². The van der Waals surface area contributed by atoms with Crippen LogP contribution in [0.15, 0.2) is 29.2 Å². The molecule has 1 amide bonds. The van der Waals surface area contributed by atoms with Gasteiger partial charge in [-0.25, -0.2) is 13.1 Å². The van der Waals surface area contributed by atoms with Crippen molar-refractivity contribution >= 4 is 27.5 Å². The van der Waals surface area contributed by atoms with E-state index in [1.807, 2.05) is 0 Å². The van der Waals surface area contributed by atoms with Gasteiger partial charge in [0.1, 0.15) is 0 Å². The van der Waals surface area contributed by atoms with Crippen LogP contribution in [0.4, 0.5) is 0 Å². The maximum atomic E-state index is 11.9. The van der Waals surface area contributed by atoms with E-state index in [1.165, 1.54) is 24.3 Å². The zero-order valence-electron chi connectivity index (χ0n) is 10.8. The van der Waals surface area contributed by atoms with Crippen LogP contribution < -0.4 is 4.72 Å². The van der Waals surface area contributed by atoms with Crippen LogP contribution in [0.3, 0.4) is 0 Å². The van der Waals surface area contributed by atoms with Gasteiger partial charge in [-0.2, -0.15) is 0 Å². The van der Waals surface area contributed by atoms with Crippen molar-refractivity contribution in [3.05, 3.63) is 29.3 Å². The Labute approximate surface area is 123 Å². The SMILES string of the molecule is O=C(CC[C@H]1CCCO1)NS(=O)(=O)c1ccc(Cl)cc1. The van der Waals surface area contributed by atoms with Crippen LogP contribution in [-0.2, 0) is 19.6 Å². The van der Waals surface area contributed by atoms with Crippen LogP contribution in [-0.4, -0.2) is 27.0 Å². The molecule has 1 heterocycles. The predicted octanol–water partition coefficient (Wildman–Crippen LogP) is 2.10. The lowest BCUT2D eigenvalue weighted by Crippen LogP contribution is -2.31. The second-order valence-corrected chi connectivity index (χ2v) is 6.78. The number of benzene rings is 1. The Morgan fingerprint density at radius 3 is 2.65 bits per heavy atom. The number of rotatable bonds is 5. The van der Waals surface area contributed by atoms with Gasteiger partial charge < -0.3 is 4.74 Å². The first kappa shape index (κ1) is 15.3. The van der Waals surface area contributed by atoms with Gasteiger partial charge in [0.25, 0.3) is 10.0 Å². The molecule has 1 aromatic carbocycles. The van der Waals surface area contributed by atoms with Crippen molar-refractivity contribution < 1.29 is 17.9 Å². The number of nitrogens with one attached hydrogen (secondary N) is 1. The summed E-state index contributed by atoms with van der Waals surface area (Å²) in [4.78, 5) is 11.7. The third kappa shape index (κ3) is 4.19. The zero-order valence-corrected chi connectivity index (χ0v) is 12.4. The number of ether oxygens (including phenoxy) is 1. The summed E-state index contributed by atoms with van der Waals surface area (Å²) in [5.74, 6) is -0.518. The third-order valence-corrected chi connectivity index (χ3v) is 4.73. The van der Waals surface area contributed by atoms with Crippen molar-refractivity contribution in [2.24, 2.45) is 0 Å². The second-order valence-electron chi connectivity index (χ2n) is 4.66. The van der Waals surface area contributed by atoms with Crippen LogP contribution in [0, 0.1) is 0 Å². The normalized spacial score (nSPS) is 18.9. The van der Waals surface area contributed by atoms with Gasteiger partial charge in [0, 0.05) is 18.1 Å². The molecule has 2 rings (SSSR count). The zero-order chi connectivity index (χ0) is 14.6. The van der Waals surface area contributed by atoms with Crippen LogP contribution in [0.5, 0.6) is 0 Å². The highest BCUT2D eigenvalue weighted by Crippen LogP contribution is 2.17. The monoisotopic (exact) mass is 317 g/mol. The summed E-state index contributed by atoms with van der Waals surface area (Å²) >= 11 is 5.69. The molecule has 5 nitrogen and oxygen atoms in total. The molecule has 1 saturated heterocycles. The molecule has 20 heavy (non-hydrogen) atoms. The maximum Gasteiger partial charge on any atom is 0.264 e. The molecule has 0 spiro atoms. The Morgan fingerprint density at radius 1 is 1.35 bits per heavy atom. The van der Waals surface area contributed by atoms with Crippen LogP contribution in [0.2, 0.25) is 5.02 Å². The second kappa shape index (κ2) is 6.56. The topological polar surface area (TPSA) is 72.5 Å². The average molecular weight is 318 g/mol. The fraction of sp³-hybridized carbons (Fsp3) is 0.462. The molecule has 1 aliphatic heterocycles. The number of hydrogen-bond donors (Lipinski definition) is 1. The minimum absolute atomic E-state index is 0.0207. The highest BCUT2D eigenvalue weighted by atomic mass is 35.5. The van der Waals surface area contributed by atoms with Gasteiger partial charge in [-0.05, 0) is 43.5 Å². The van der Waals surface area contributed by atoms with E-state index in [-0.39, 0.29) is 17.4 Å². The van der Waals surface area contributed by atoms with Gasteiger partial charge in [0.15, 0.2) is 0 Å². The molecule has 1 fully saturated rings. The van der Waals surface area contributed by atoms with Crippen LogP contribution in [0.25, 0.3) is 0 Å². The molecule has 0 radical (unpaired) electrons. The fourth-order valence-corrected chi connectivity index (χ4v) is 3.18. The summed E-state index contributed by atoms with van der Waals surface area (Å²) < 4.78 is 31.3. The summed E-state index contributed by atoms with van der Waals surface area (Å²) in [6, 6.07) is 5.65. The van der Waals surface area contributed by atoms with Crippen molar-refractivity contribution in [2.45, 2.75) is 36.7 Å². The lowest BCUT2D eigenvalue weighted by Gasteiger charge is -2.10. The number of hydrogen-bond acceptors (Lipinski definition) is 4. The van der Waals surface area contributed by atoms with Crippen LogP contribution >= 0.6 is 11.6 Å².